The predicted octanol–water partition coefficient (Wildman–Crippen LogP) is -1.00. The topological polar surface area (TPSA) is 69.6 Å². The van der Waals surface area contributed by atoms with Crippen molar-refractivity contribution in [2.45, 2.75) is 12.6 Å². The van der Waals surface area contributed by atoms with E-state index in [1.807, 2.05) is 0 Å². The van der Waals surface area contributed by atoms with E-state index in [4.69, 9.17) is 10.2 Å². The first kappa shape index (κ1) is 6.51. The average molecular weight is 131 g/mol. The molecule has 0 bridgehead atoms. The van der Waals surface area contributed by atoms with Crippen molar-refractivity contribution in [2.24, 2.45) is 5.92 Å². The number of aliphatic hydroxyl groups excluding tert-OH is 1. The molecule has 2 atom stereocenters. The van der Waals surface area contributed by atoms with Gasteiger partial charge in [-0.05, 0) is 0 Å². The number of carboxylic acids is 1. The highest BCUT2D eigenvalue weighted by Gasteiger charge is 2.27. The fourth-order valence-corrected chi connectivity index (χ4v) is 0.903. The van der Waals surface area contributed by atoms with Crippen molar-refractivity contribution >= 4 is 5.97 Å². The highest BCUT2D eigenvalue weighted by molar-refractivity contribution is 5.70. The molecule has 52 valence electrons. The number of nitrogens with one attached hydrogen (secondary N) is 1. The van der Waals surface area contributed by atoms with Crippen molar-refractivity contribution < 1.29 is 15.0 Å². The molecule has 1 unspecified atom stereocenters. The Balaban J connectivity index is 2.39. The fraction of sp³-hybridized carbons (Fsp3) is 0.800. The SMILES string of the molecule is O=C(O)C1CN[C@H](O)C1. The van der Waals surface area contributed by atoms with E-state index in [9.17, 15) is 4.79 Å². The zero-order valence-electron chi connectivity index (χ0n) is 4.87. The van der Waals surface area contributed by atoms with Crippen LogP contribution >= 0.6 is 0 Å². The van der Waals surface area contributed by atoms with Crippen LogP contribution in [0.15, 0.2) is 0 Å². The molecule has 0 aliphatic carbocycles. The van der Waals surface area contributed by atoms with Crippen molar-refractivity contribution in [1.29, 1.82) is 0 Å². The summed E-state index contributed by atoms with van der Waals surface area (Å²) in [7, 11) is 0. The molecule has 1 rings (SSSR count). The van der Waals surface area contributed by atoms with Gasteiger partial charge in [-0.3, -0.25) is 10.1 Å². The van der Waals surface area contributed by atoms with Crippen LogP contribution in [-0.2, 0) is 4.79 Å². The fourth-order valence-electron chi connectivity index (χ4n) is 0.903. The van der Waals surface area contributed by atoms with Crippen LogP contribution in [0.1, 0.15) is 6.42 Å². The molecule has 0 saturated carbocycles. The van der Waals surface area contributed by atoms with Gasteiger partial charge in [0.05, 0.1) is 5.92 Å². The average Bonchev–Trinajstić information content (AvgIpc) is 2.14. The summed E-state index contributed by atoms with van der Waals surface area (Å²) in [5.74, 6) is -1.24. The molecule has 1 aliphatic heterocycles. The van der Waals surface area contributed by atoms with Gasteiger partial charge >= 0.3 is 5.97 Å². The largest absolute Gasteiger partial charge is 0.481 e. The Morgan fingerprint density at radius 3 is 2.56 bits per heavy atom. The van der Waals surface area contributed by atoms with Crippen LogP contribution in [0.5, 0.6) is 0 Å². The summed E-state index contributed by atoms with van der Waals surface area (Å²) in [6.45, 7) is 0.385. The van der Waals surface area contributed by atoms with Gasteiger partial charge in [0.15, 0.2) is 0 Å². The zero-order valence-corrected chi connectivity index (χ0v) is 4.87. The van der Waals surface area contributed by atoms with E-state index < -0.39 is 18.1 Å². The second kappa shape index (κ2) is 2.33. The molecular formula is C5H9NO3. The lowest BCUT2D eigenvalue weighted by Gasteiger charge is -1.97. The van der Waals surface area contributed by atoms with Crippen LogP contribution in [0.3, 0.4) is 0 Å². The highest BCUT2D eigenvalue weighted by atomic mass is 16.4. The van der Waals surface area contributed by atoms with E-state index in [2.05, 4.69) is 5.32 Å². The lowest BCUT2D eigenvalue weighted by atomic mass is 10.1. The molecule has 0 radical (unpaired) electrons. The summed E-state index contributed by atoms with van der Waals surface area (Å²) in [5.41, 5.74) is 0. The zero-order chi connectivity index (χ0) is 6.85. The Hall–Kier alpha value is -0.610. The van der Waals surface area contributed by atoms with Gasteiger partial charge in [-0.2, -0.15) is 0 Å². The number of hydrogen-bond donors (Lipinski definition) is 3. The number of carboxylic acid groups (broad SMARTS) is 1. The van der Waals surface area contributed by atoms with Gasteiger partial charge in [0.1, 0.15) is 6.23 Å². The Labute approximate surface area is 52.5 Å². The van der Waals surface area contributed by atoms with E-state index in [1.165, 1.54) is 0 Å². The van der Waals surface area contributed by atoms with E-state index in [1.54, 1.807) is 0 Å². The smallest absolute Gasteiger partial charge is 0.307 e. The molecule has 4 nitrogen and oxygen atoms in total. The molecule has 9 heavy (non-hydrogen) atoms. The van der Waals surface area contributed by atoms with E-state index in [0.29, 0.717) is 13.0 Å². The molecule has 0 spiro atoms. The van der Waals surface area contributed by atoms with Gasteiger partial charge in [-0.15, -0.1) is 0 Å². The van der Waals surface area contributed by atoms with E-state index in [-0.39, 0.29) is 0 Å². The Kier molecular flexibility index (Phi) is 1.68. The lowest BCUT2D eigenvalue weighted by Crippen LogP contribution is -2.20. The molecule has 1 aliphatic rings. The second-order valence-electron chi connectivity index (χ2n) is 2.19. The maximum atomic E-state index is 10.2. The normalized spacial score (nSPS) is 34.8. The number of aliphatic hydroxyl groups is 1. The summed E-state index contributed by atoms with van der Waals surface area (Å²) in [6, 6.07) is 0. The number of carbonyl (C=O) groups is 1. The van der Waals surface area contributed by atoms with Gasteiger partial charge in [0.2, 0.25) is 0 Å². The minimum atomic E-state index is -0.834. The Morgan fingerprint density at radius 1 is 1.67 bits per heavy atom. The van der Waals surface area contributed by atoms with Crippen molar-refractivity contribution in [3.05, 3.63) is 0 Å². The van der Waals surface area contributed by atoms with Gasteiger partial charge in [-0.1, -0.05) is 0 Å². The summed E-state index contributed by atoms with van der Waals surface area (Å²) in [6.07, 6.45) is -0.291. The van der Waals surface area contributed by atoms with Crippen LogP contribution in [0.2, 0.25) is 0 Å². The molecule has 0 aromatic carbocycles. The summed E-state index contributed by atoms with van der Waals surface area (Å²) in [4.78, 5) is 10.2. The maximum absolute atomic E-state index is 10.2. The van der Waals surface area contributed by atoms with Crippen molar-refractivity contribution in [3.8, 4) is 0 Å². The standard InChI is InChI=1S/C5H9NO3/c7-4-1-3(2-6-4)5(8)9/h3-4,6-7H,1-2H2,(H,8,9)/t3?,4-/m1/s1. The summed E-state index contributed by atoms with van der Waals surface area (Å²) < 4.78 is 0. The highest BCUT2D eigenvalue weighted by Crippen LogP contribution is 2.11. The molecule has 0 amide bonds. The third kappa shape index (κ3) is 1.40. The number of hydrogen-bond acceptors (Lipinski definition) is 3. The first-order valence-corrected chi connectivity index (χ1v) is 2.84. The van der Waals surface area contributed by atoms with Crippen LogP contribution in [0, 0.1) is 5.92 Å². The second-order valence-corrected chi connectivity index (χ2v) is 2.19. The summed E-state index contributed by atoms with van der Waals surface area (Å²) >= 11 is 0. The van der Waals surface area contributed by atoms with Crippen molar-refractivity contribution in [2.75, 3.05) is 6.54 Å². The molecule has 1 heterocycles. The summed E-state index contributed by atoms with van der Waals surface area (Å²) in [5, 5.41) is 19.8. The van der Waals surface area contributed by atoms with E-state index in [0.717, 1.165) is 0 Å². The number of aliphatic carboxylic acids is 1. The molecule has 0 aromatic rings. The minimum absolute atomic E-state index is 0.329. The van der Waals surface area contributed by atoms with Crippen molar-refractivity contribution in [3.63, 3.8) is 0 Å². The van der Waals surface area contributed by atoms with Crippen LogP contribution in [0.25, 0.3) is 0 Å². The van der Waals surface area contributed by atoms with Gasteiger partial charge in [0.25, 0.3) is 0 Å². The molecule has 3 N–H and O–H groups in total. The third-order valence-electron chi connectivity index (χ3n) is 1.46. The Morgan fingerprint density at radius 2 is 2.33 bits per heavy atom. The maximum Gasteiger partial charge on any atom is 0.307 e. The quantitative estimate of drug-likeness (QED) is 0.427. The molecular weight excluding hydrogens is 122 g/mol. The Bertz CT molecular complexity index is 125. The molecule has 4 heteroatoms. The van der Waals surface area contributed by atoms with Crippen molar-refractivity contribution in [1.82, 2.24) is 5.32 Å². The number of rotatable bonds is 1. The molecule has 1 saturated heterocycles. The predicted molar refractivity (Wildman–Crippen MR) is 29.8 cm³/mol. The molecule has 1 fully saturated rings. The van der Waals surface area contributed by atoms with Gasteiger partial charge in [0, 0.05) is 13.0 Å². The van der Waals surface area contributed by atoms with Crippen LogP contribution in [0.4, 0.5) is 0 Å². The van der Waals surface area contributed by atoms with E-state index >= 15 is 0 Å². The van der Waals surface area contributed by atoms with Crippen LogP contribution in [-0.4, -0.2) is 29.0 Å². The van der Waals surface area contributed by atoms with Crippen LogP contribution < -0.4 is 5.32 Å². The monoisotopic (exact) mass is 131 g/mol. The lowest BCUT2D eigenvalue weighted by molar-refractivity contribution is -0.141. The van der Waals surface area contributed by atoms with Gasteiger partial charge in [-0.25, -0.2) is 0 Å². The minimum Gasteiger partial charge on any atom is -0.481 e. The third-order valence-corrected chi connectivity index (χ3v) is 1.46. The van der Waals surface area contributed by atoms with Gasteiger partial charge < -0.3 is 10.2 Å². The first-order valence-electron chi connectivity index (χ1n) is 2.84. The first-order chi connectivity index (χ1) is 4.20. The molecule has 0 aromatic heterocycles.